The Morgan fingerprint density at radius 2 is 1.36 bits per heavy atom. The number of hydroxylamine groups is 2. The van der Waals surface area contributed by atoms with E-state index in [2.05, 4.69) is 0 Å². The van der Waals surface area contributed by atoms with Crippen molar-refractivity contribution in [3.63, 3.8) is 0 Å². The van der Waals surface area contributed by atoms with E-state index in [-0.39, 0.29) is 18.9 Å². The number of carbonyl (C=O) groups is 2. The van der Waals surface area contributed by atoms with Crippen LogP contribution in [0.5, 0.6) is 0 Å². The summed E-state index contributed by atoms with van der Waals surface area (Å²) < 4.78 is 0. The highest BCUT2D eigenvalue weighted by Gasteiger charge is 2.19. The fourth-order valence-corrected chi connectivity index (χ4v) is 2.61. The fourth-order valence-electron chi connectivity index (χ4n) is 2.61. The predicted molar refractivity (Wildman–Crippen MR) is 109 cm³/mol. The third-order valence-corrected chi connectivity index (χ3v) is 4.05. The molecule has 0 saturated heterocycles. The van der Waals surface area contributed by atoms with Gasteiger partial charge in [0.15, 0.2) is 0 Å². The summed E-state index contributed by atoms with van der Waals surface area (Å²) in [7, 11) is 0. The number of amides is 1. The third-order valence-electron chi connectivity index (χ3n) is 4.05. The highest BCUT2D eigenvalue weighted by atomic mass is 16.7. The van der Waals surface area contributed by atoms with Crippen molar-refractivity contribution in [3.8, 4) is 0 Å². The second-order valence-corrected chi connectivity index (χ2v) is 6.18. The molecule has 0 fully saturated rings. The summed E-state index contributed by atoms with van der Waals surface area (Å²) in [6.45, 7) is 0.192. The van der Waals surface area contributed by atoms with Crippen LogP contribution < -0.4 is 0 Å². The maximum atomic E-state index is 12.7. The molecule has 0 spiro atoms. The number of carbonyl (C=O) groups excluding carboxylic acids is 2. The van der Waals surface area contributed by atoms with Crippen LogP contribution in [-0.4, -0.2) is 16.9 Å². The summed E-state index contributed by atoms with van der Waals surface area (Å²) in [4.78, 5) is 30.5. The lowest BCUT2D eigenvalue weighted by Gasteiger charge is -2.21. The van der Waals surface area contributed by atoms with Gasteiger partial charge >= 0.3 is 5.97 Å². The molecule has 140 valence electrons. The normalized spacial score (nSPS) is 10.6. The van der Waals surface area contributed by atoms with E-state index >= 15 is 0 Å². The SMILES string of the molecule is O=C(ON(Cc1ccccc1)C(=O)C/C=C/c1ccccc1)c1ccccc1. The van der Waals surface area contributed by atoms with E-state index in [1.54, 1.807) is 30.3 Å². The van der Waals surface area contributed by atoms with Gasteiger partial charge in [0.2, 0.25) is 0 Å². The van der Waals surface area contributed by atoms with Gasteiger partial charge in [-0.1, -0.05) is 91.0 Å². The van der Waals surface area contributed by atoms with E-state index in [4.69, 9.17) is 4.84 Å². The van der Waals surface area contributed by atoms with Gasteiger partial charge in [-0.05, 0) is 23.3 Å². The molecule has 0 atom stereocenters. The Labute approximate surface area is 164 Å². The third kappa shape index (κ3) is 5.68. The molecule has 3 aromatic rings. The lowest BCUT2D eigenvalue weighted by Crippen LogP contribution is -2.32. The van der Waals surface area contributed by atoms with E-state index in [1.807, 2.05) is 72.8 Å². The standard InChI is InChI=1S/C24H21NO3/c26-23(18-10-15-20-11-4-1-5-12-20)25(19-21-13-6-2-7-14-21)28-24(27)22-16-8-3-9-17-22/h1-17H,18-19H2/b15-10+. The molecule has 0 heterocycles. The first-order chi connectivity index (χ1) is 13.7. The lowest BCUT2D eigenvalue weighted by atomic mass is 10.2. The van der Waals surface area contributed by atoms with E-state index in [0.717, 1.165) is 16.2 Å². The fraction of sp³-hybridized carbons (Fsp3) is 0.0833. The molecular weight excluding hydrogens is 350 g/mol. The van der Waals surface area contributed by atoms with Crippen LogP contribution in [0.25, 0.3) is 6.08 Å². The minimum atomic E-state index is -0.558. The number of rotatable bonds is 6. The van der Waals surface area contributed by atoms with Crippen molar-refractivity contribution < 1.29 is 14.4 Å². The monoisotopic (exact) mass is 371 g/mol. The molecule has 4 nitrogen and oxygen atoms in total. The zero-order chi connectivity index (χ0) is 19.6. The van der Waals surface area contributed by atoms with Crippen LogP contribution in [0.4, 0.5) is 0 Å². The van der Waals surface area contributed by atoms with Crippen LogP contribution in [0.15, 0.2) is 97.1 Å². The average molecular weight is 371 g/mol. The van der Waals surface area contributed by atoms with Crippen LogP contribution in [-0.2, 0) is 16.2 Å². The van der Waals surface area contributed by atoms with Gasteiger partial charge in [-0.15, -0.1) is 0 Å². The Hall–Kier alpha value is -3.66. The van der Waals surface area contributed by atoms with E-state index in [1.165, 1.54) is 0 Å². The summed E-state index contributed by atoms with van der Waals surface area (Å²) in [6, 6.07) is 27.8. The summed E-state index contributed by atoms with van der Waals surface area (Å²) in [5.41, 5.74) is 2.28. The molecule has 0 aliphatic rings. The van der Waals surface area contributed by atoms with Gasteiger partial charge in [0.1, 0.15) is 0 Å². The van der Waals surface area contributed by atoms with Crippen molar-refractivity contribution in [3.05, 3.63) is 114 Å². The molecule has 0 saturated carbocycles. The lowest BCUT2D eigenvalue weighted by molar-refractivity contribution is -0.169. The molecule has 28 heavy (non-hydrogen) atoms. The van der Waals surface area contributed by atoms with Crippen molar-refractivity contribution in [1.82, 2.24) is 5.06 Å². The Bertz CT molecular complexity index is 922. The van der Waals surface area contributed by atoms with E-state index < -0.39 is 5.97 Å². The quantitative estimate of drug-likeness (QED) is 0.580. The zero-order valence-corrected chi connectivity index (χ0v) is 15.4. The van der Waals surface area contributed by atoms with Gasteiger partial charge in [-0.25, -0.2) is 4.79 Å². The Morgan fingerprint density at radius 1 is 0.786 bits per heavy atom. The summed E-state index contributed by atoms with van der Waals surface area (Å²) in [5, 5.41) is 1.12. The van der Waals surface area contributed by atoms with Crippen LogP contribution in [0.1, 0.15) is 27.9 Å². The van der Waals surface area contributed by atoms with Crippen LogP contribution in [0, 0.1) is 0 Å². The molecule has 1 amide bonds. The minimum absolute atomic E-state index is 0.129. The molecule has 0 aliphatic heterocycles. The van der Waals surface area contributed by atoms with Crippen molar-refractivity contribution in [2.75, 3.05) is 0 Å². The van der Waals surface area contributed by atoms with Gasteiger partial charge < -0.3 is 4.84 Å². The highest BCUT2D eigenvalue weighted by Crippen LogP contribution is 2.11. The molecule has 0 bridgehead atoms. The van der Waals surface area contributed by atoms with Gasteiger partial charge in [0.25, 0.3) is 5.91 Å². The molecule has 0 aromatic heterocycles. The smallest absolute Gasteiger partial charge is 0.332 e. The maximum absolute atomic E-state index is 12.7. The second kappa shape index (κ2) is 9.88. The Morgan fingerprint density at radius 3 is 2.00 bits per heavy atom. The Balaban J connectivity index is 1.70. The number of benzene rings is 3. The molecule has 0 aliphatic carbocycles. The first-order valence-electron chi connectivity index (χ1n) is 9.05. The van der Waals surface area contributed by atoms with Gasteiger partial charge in [0, 0.05) is 6.42 Å². The van der Waals surface area contributed by atoms with Gasteiger partial charge in [-0.3, -0.25) is 4.79 Å². The largest absolute Gasteiger partial charge is 0.363 e. The molecule has 0 N–H and O–H groups in total. The van der Waals surface area contributed by atoms with Crippen LogP contribution in [0.3, 0.4) is 0 Å². The summed E-state index contributed by atoms with van der Waals surface area (Å²) in [6.07, 6.45) is 3.77. The van der Waals surface area contributed by atoms with Gasteiger partial charge in [0.05, 0.1) is 12.1 Å². The predicted octanol–water partition coefficient (Wildman–Crippen LogP) is 4.89. The minimum Gasteiger partial charge on any atom is -0.332 e. The molecule has 0 radical (unpaired) electrons. The van der Waals surface area contributed by atoms with Gasteiger partial charge in [-0.2, -0.15) is 5.06 Å². The molecule has 0 unspecified atom stereocenters. The summed E-state index contributed by atoms with van der Waals surface area (Å²) >= 11 is 0. The highest BCUT2D eigenvalue weighted by molar-refractivity contribution is 5.90. The number of hydrogen-bond donors (Lipinski definition) is 0. The molecule has 3 rings (SSSR count). The molecular formula is C24H21NO3. The number of nitrogens with zero attached hydrogens (tertiary/aromatic N) is 1. The maximum Gasteiger partial charge on any atom is 0.363 e. The molecule has 4 heteroatoms. The summed E-state index contributed by atoms with van der Waals surface area (Å²) in [5.74, 6) is -0.850. The van der Waals surface area contributed by atoms with E-state index in [0.29, 0.717) is 5.56 Å². The van der Waals surface area contributed by atoms with Crippen LogP contribution in [0.2, 0.25) is 0 Å². The van der Waals surface area contributed by atoms with Crippen molar-refractivity contribution in [1.29, 1.82) is 0 Å². The first-order valence-corrected chi connectivity index (χ1v) is 9.05. The zero-order valence-electron chi connectivity index (χ0n) is 15.4. The van der Waals surface area contributed by atoms with Crippen molar-refractivity contribution in [2.24, 2.45) is 0 Å². The molecule has 3 aromatic carbocycles. The van der Waals surface area contributed by atoms with Crippen LogP contribution >= 0.6 is 0 Å². The second-order valence-electron chi connectivity index (χ2n) is 6.18. The topological polar surface area (TPSA) is 46.6 Å². The van der Waals surface area contributed by atoms with E-state index in [9.17, 15) is 9.59 Å². The van der Waals surface area contributed by atoms with Crippen molar-refractivity contribution in [2.45, 2.75) is 13.0 Å². The number of hydrogen-bond acceptors (Lipinski definition) is 3. The first kappa shape index (κ1) is 19.1. The average Bonchev–Trinajstić information content (AvgIpc) is 2.75. The van der Waals surface area contributed by atoms with Crippen molar-refractivity contribution >= 4 is 18.0 Å². The Kier molecular flexibility index (Phi) is 6.74.